The first kappa shape index (κ1) is 24.1. The zero-order chi connectivity index (χ0) is 24.7. The van der Waals surface area contributed by atoms with Gasteiger partial charge in [0, 0.05) is 69.3 Å². The molecule has 35 heavy (non-hydrogen) atoms. The summed E-state index contributed by atoms with van der Waals surface area (Å²) in [5, 5.41) is 6.96. The van der Waals surface area contributed by atoms with E-state index < -0.39 is 5.92 Å². The van der Waals surface area contributed by atoms with Crippen LogP contribution < -0.4 is 5.32 Å². The van der Waals surface area contributed by atoms with Gasteiger partial charge in [0.05, 0.1) is 6.20 Å². The number of likely N-dealkylation sites (tertiary alicyclic amines) is 1. The maximum absolute atomic E-state index is 13.5. The number of carbonyl (C=O) groups is 2. The van der Waals surface area contributed by atoms with Crippen molar-refractivity contribution in [2.45, 2.75) is 63.3 Å². The second-order valence-corrected chi connectivity index (χ2v) is 10.7. The molecular formula is C27H34F2N4O2. The summed E-state index contributed by atoms with van der Waals surface area (Å²) in [5.41, 5.74) is 1.53. The topological polar surface area (TPSA) is 67.2 Å². The van der Waals surface area contributed by atoms with Gasteiger partial charge in [0.25, 0.3) is 5.92 Å². The fraction of sp³-hybridized carbons (Fsp3) is 0.593. The number of benzene rings is 1. The highest BCUT2D eigenvalue weighted by atomic mass is 19.3. The summed E-state index contributed by atoms with van der Waals surface area (Å²) in [6, 6.07) is 6.31. The molecule has 1 aromatic heterocycles. The largest absolute Gasteiger partial charge is 0.326 e. The summed E-state index contributed by atoms with van der Waals surface area (Å²) in [5.74, 6) is -1.54. The lowest BCUT2D eigenvalue weighted by molar-refractivity contribution is -0.124. The number of halogens is 2. The van der Waals surface area contributed by atoms with Crippen LogP contribution in [0.4, 0.5) is 14.5 Å². The Morgan fingerprint density at radius 2 is 1.83 bits per heavy atom. The summed E-state index contributed by atoms with van der Waals surface area (Å²) >= 11 is 0. The lowest BCUT2D eigenvalue weighted by atomic mass is 9.82. The van der Waals surface area contributed by atoms with Gasteiger partial charge in [-0.3, -0.25) is 19.2 Å². The van der Waals surface area contributed by atoms with E-state index in [1.165, 1.54) is 49.4 Å². The smallest absolute Gasteiger partial charge is 0.270 e. The number of aromatic nitrogens is 2. The van der Waals surface area contributed by atoms with Gasteiger partial charge in [-0.05, 0) is 61.1 Å². The molecule has 1 aromatic carbocycles. The first-order valence-electron chi connectivity index (χ1n) is 12.7. The number of fused-ring (bicyclic) bond motifs is 1. The fourth-order valence-electron chi connectivity index (χ4n) is 6.26. The molecule has 3 atom stereocenters. The van der Waals surface area contributed by atoms with Crippen LogP contribution in [0, 0.1) is 17.8 Å². The van der Waals surface area contributed by atoms with Crippen LogP contribution in [-0.2, 0) is 22.6 Å². The average Bonchev–Trinajstić information content (AvgIpc) is 3.12. The molecule has 3 aliphatic rings. The van der Waals surface area contributed by atoms with Crippen molar-refractivity contribution in [3.63, 3.8) is 0 Å². The molecule has 1 saturated heterocycles. The number of amides is 1. The number of piperidine rings is 1. The number of anilines is 1. The number of nitrogens with zero attached hydrogens (tertiary/aromatic N) is 3. The molecular weight excluding hydrogens is 450 g/mol. The maximum atomic E-state index is 13.5. The molecule has 5 rings (SSSR count). The second kappa shape index (κ2) is 9.45. The van der Waals surface area contributed by atoms with Gasteiger partial charge in [0.15, 0.2) is 0 Å². The zero-order valence-corrected chi connectivity index (χ0v) is 20.4. The van der Waals surface area contributed by atoms with E-state index in [4.69, 9.17) is 0 Å². The number of hydrogen-bond donors (Lipinski definition) is 1. The molecule has 2 heterocycles. The van der Waals surface area contributed by atoms with Crippen LogP contribution in [0.3, 0.4) is 0 Å². The first-order valence-corrected chi connectivity index (χ1v) is 12.7. The van der Waals surface area contributed by atoms with Gasteiger partial charge in [-0.15, -0.1) is 0 Å². The van der Waals surface area contributed by atoms with Crippen molar-refractivity contribution in [1.29, 1.82) is 0 Å². The number of alkyl halides is 2. The molecule has 0 radical (unpaired) electrons. The SMILES string of the molecule is Cn1cc(C2CCC(N3C[C@@H]4C(C(=O)CCC(=O)Nc5cccc(C(C)(F)F)c5)[C@@H]4C3)CC2)cn1. The summed E-state index contributed by atoms with van der Waals surface area (Å²) in [6.45, 7) is 2.81. The van der Waals surface area contributed by atoms with Crippen LogP contribution in [0.2, 0.25) is 0 Å². The molecule has 6 nitrogen and oxygen atoms in total. The van der Waals surface area contributed by atoms with Crippen LogP contribution in [-0.4, -0.2) is 45.5 Å². The third-order valence-electron chi connectivity index (χ3n) is 8.26. The van der Waals surface area contributed by atoms with Gasteiger partial charge in [-0.25, -0.2) is 8.78 Å². The Morgan fingerprint density at radius 3 is 2.46 bits per heavy atom. The zero-order valence-electron chi connectivity index (χ0n) is 20.4. The van der Waals surface area contributed by atoms with E-state index in [1.54, 1.807) is 6.07 Å². The highest BCUT2D eigenvalue weighted by Gasteiger charge is 2.59. The Balaban J connectivity index is 1.03. The Kier molecular flexibility index (Phi) is 6.51. The van der Waals surface area contributed by atoms with Crippen molar-refractivity contribution >= 4 is 17.4 Å². The van der Waals surface area contributed by atoms with Gasteiger partial charge in [-0.1, -0.05) is 12.1 Å². The maximum Gasteiger partial charge on any atom is 0.270 e. The summed E-state index contributed by atoms with van der Waals surface area (Å²) in [7, 11) is 1.96. The lowest BCUT2D eigenvalue weighted by Gasteiger charge is -2.35. The molecule has 8 heteroatoms. The number of hydrogen-bond acceptors (Lipinski definition) is 4. The first-order chi connectivity index (χ1) is 16.7. The number of aryl methyl sites for hydroxylation is 1. The highest BCUT2D eigenvalue weighted by Crippen LogP contribution is 2.54. The monoisotopic (exact) mass is 484 g/mol. The number of ketones is 1. The molecule has 2 aromatic rings. The van der Waals surface area contributed by atoms with Gasteiger partial charge in [0.2, 0.25) is 5.91 Å². The molecule has 1 N–H and O–H groups in total. The quantitative estimate of drug-likeness (QED) is 0.589. The van der Waals surface area contributed by atoms with Crippen LogP contribution in [0.25, 0.3) is 0 Å². The minimum Gasteiger partial charge on any atom is -0.326 e. The van der Waals surface area contributed by atoms with E-state index in [-0.39, 0.29) is 36.0 Å². The second-order valence-electron chi connectivity index (χ2n) is 10.7. The number of Topliss-reactive ketones (excluding diaryl/α,β-unsaturated/α-hetero) is 1. The average molecular weight is 485 g/mol. The van der Waals surface area contributed by atoms with Crippen molar-refractivity contribution in [2.75, 3.05) is 18.4 Å². The Bertz CT molecular complexity index is 1070. The van der Waals surface area contributed by atoms with E-state index in [9.17, 15) is 18.4 Å². The number of nitrogens with one attached hydrogen (secondary N) is 1. The van der Waals surface area contributed by atoms with Crippen LogP contribution in [0.15, 0.2) is 36.7 Å². The van der Waals surface area contributed by atoms with E-state index in [2.05, 4.69) is 21.5 Å². The van der Waals surface area contributed by atoms with Crippen molar-refractivity contribution in [3.8, 4) is 0 Å². The van der Waals surface area contributed by atoms with Crippen molar-refractivity contribution in [3.05, 3.63) is 47.8 Å². The molecule has 1 unspecified atom stereocenters. The Hall–Kier alpha value is -2.61. The minimum absolute atomic E-state index is 0.0869. The predicted octanol–water partition coefficient (Wildman–Crippen LogP) is 4.72. The molecule has 3 fully saturated rings. The molecule has 2 aliphatic carbocycles. The molecule has 1 aliphatic heterocycles. The van der Waals surface area contributed by atoms with E-state index in [1.807, 2.05) is 17.9 Å². The lowest BCUT2D eigenvalue weighted by Crippen LogP contribution is -2.38. The van der Waals surface area contributed by atoms with Gasteiger partial charge in [0.1, 0.15) is 5.78 Å². The summed E-state index contributed by atoms with van der Waals surface area (Å²) in [6.07, 6.45) is 9.20. The predicted molar refractivity (Wildman–Crippen MR) is 129 cm³/mol. The molecule has 188 valence electrons. The van der Waals surface area contributed by atoms with Crippen LogP contribution in [0.1, 0.15) is 62.5 Å². The third-order valence-corrected chi connectivity index (χ3v) is 8.26. The molecule has 2 saturated carbocycles. The molecule has 0 bridgehead atoms. The van der Waals surface area contributed by atoms with Gasteiger partial charge < -0.3 is 5.32 Å². The van der Waals surface area contributed by atoms with Crippen molar-refractivity contribution in [1.82, 2.24) is 14.7 Å². The fourth-order valence-corrected chi connectivity index (χ4v) is 6.26. The molecule has 1 amide bonds. The van der Waals surface area contributed by atoms with Gasteiger partial charge in [-0.2, -0.15) is 5.10 Å². The summed E-state index contributed by atoms with van der Waals surface area (Å²) < 4.78 is 28.9. The highest BCUT2D eigenvalue weighted by molar-refractivity contribution is 5.94. The third kappa shape index (κ3) is 5.32. The van der Waals surface area contributed by atoms with E-state index >= 15 is 0 Å². The van der Waals surface area contributed by atoms with Crippen LogP contribution >= 0.6 is 0 Å². The number of rotatable bonds is 8. The van der Waals surface area contributed by atoms with E-state index in [0.717, 1.165) is 20.0 Å². The van der Waals surface area contributed by atoms with Crippen LogP contribution in [0.5, 0.6) is 0 Å². The van der Waals surface area contributed by atoms with E-state index in [0.29, 0.717) is 29.5 Å². The van der Waals surface area contributed by atoms with Crippen molar-refractivity contribution in [2.24, 2.45) is 24.8 Å². The van der Waals surface area contributed by atoms with Gasteiger partial charge >= 0.3 is 0 Å². The standard InChI is InChI=1S/C27H34F2N4O2/c1-27(28,29)19-4-3-5-20(12-19)31-25(35)11-10-24(34)26-22-15-33(16-23(22)26)21-8-6-17(7-9-21)18-13-30-32(2)14-18/h3-5,12-14,17,21-23,26H,6-11,15-16H2,1-2H3,(H,31,35)/t17?,21?,22-,23+,26?. The number of carbonyl (C=O) groups excluding carboxylic acids is 2. The molecule has 0 spiro atoms. The Labute approximate surface area is 205 Å². The van der Waals surface area contributed by atoms with Crippen molar-refractivity contribution < 1.29 is 18.4 Å². The Morgan fingerprint density at radius 1 is 1.11 bits per heavy atom. The summed E-state index contributed by atoms with van der Waals surface area (Å²) in [4.78, 5) is 27.6. The minimum atomic E-state index is -2.97. The normalized spacial score (nSPS) is 28.5.